The molecule has 1 aromatic heterocycles. The van der Waals surface area contributed by atoms with Crippen molar-refractivity contribution >= 4 is 38.1 Å². The Balaban J connectivity index is 1.41. The van der Waals surface area contributed by atoms with Gasteiger partial charge in [-0.2, -0.15) is 0 Å². The van der Waals surface area contributed by atoms with E-state index in [0.717, 1.165) is 0 Å². The molecule has 0 saturated heterocycles. The summed E-state index contributed by atoms with van der Waals surface area (Å²) in [5.74, 6) is 0.712. The number of anilines is 2. The number of thiazole rings is 1. The van der Waals surface area contributed by atoms with Crippen molar-refractivity contribution in [1.29, 1.82) is 0 Å². The highest BCUT2D eigenvalue weighted by atomic mass is 32.2. The van der Waals surface area contributed by atoms with Crippen molar-refractivity contribution < 1.29 is 22.7 Å². The summed E-state index contributed by atoms with van der Waals surface area (Å²) in [4.78, 5) is 16.4. The monoisotopic (exact) mass is 417 g/mol. The average molecular weight is 417 g/mol. The number of sulfonamides is 1. The zero-order valence-corrected chi connectivity index (χ0v) is 16.0. The maximum absolute atomic E-state index is 12.4. The summed E-state index contributed by atoms with van der Waals surface area (Å²) in [5.41, 5.74) is 0.445. The van der Waals surface area contributed by atoms with E-state index in [9.17, 15) is 13.2 Å². The Kier molecular flexibility index (Phi) is 4.88. The number of ether oxygens (including phenoxy) is 2. The molecule has 28 heavy (non-hydrogen) atoms. The standard InChI is InChI=1S/C18H15N3O5S2/c22-17(16-11-25-14-3-1-2-4-15(14)26-16)20-12-5-7-13(8-6-12)28(23,24)21-18-19-9-10-27-18/h1-10,16H,11H2,(H,19,21)(H,20,22). The maximum atomic E-state index is 12.4. The number of carbonyl (C=O) groups is 1. The smallest absolute Gasteiger partial charge is 0.269 e. The molecule has 2 heterocycles. The van der Waals surface area contributed by atoms with Crippen LogP contribution in [0.25, 0.3) is 0 Å². The first-order chi connectivity index (χ1) is 13.5. The van der Waals surface area contributed by atoms with E-state index in [1.807, 2.05) is 6.07 Å². The Morgan fingerprint density at radius 1 is 1.11 bits per heavy atom. The number of fused-ring (bicyclic) bond motifs is 1. The molecule has 144 valence electrons. The number of carbonyl (C=O) groups excluding carboxylic acids is 1. The lowest BCUT2D eigenvalue weighted by Crippen LogP contribution is -2.40. The van der Waals surface area contributed by atoms with E-state index in [4.69, 9.17) is 9.47 Å². The molecule has 2 aromatic carbocycles. The van der Waals surface area contributed by atoms with Gasteiger partial charge in [-0.1, -0.05) is 12.1 Å². The Labute approximate surface area is 165 Å². The predicted octanol–water partition coefficient (Wildman–Crippen LogP) is 2.72. The lowest BCUT2D eigenvalue weighted by Gasteiger charge is -2.25. The van der Waals surface area contributed by atoms with Gasteiger partial charge >= 0.3 is 0 Å². The Hall–Kier alpha value is -3.11. The van der Waals surface area contributed by atoms with E-state index in [1.54, 1.807) is 23.6 Å². The molecule has 10 heteroatoms. The van der Waals surface area contributed by atoms with Gasteiger partial charge in [-0.05, 0) is 36.4 Å². The number of para-hydroxylation sites is 2. The van der Waals surface area contributed by atoms with E-state index in [0.29, 0.717) is 17.2 Å². The summed E-state index contributed by atoms with van der Waals surface area (Å²) in [6, 6.07) is 12.9. The van der Waals surface area contributed by atoms with Gasteiger partial charge in [0.2, 0.25) is 6.10 Å². The minimum absolute atomic E-state index is 0.0619. The predicted molar refractivity (Wildman–Crippen MR) is 104 cm³/mol. The van der Waals surface area contributed by atoms with Gasteiger partial charge in [0.15, 0.2) is 16.6 Å². The summed E-state index contributed by atoms with van der Waals surface area (Å²) in [6.45, 7) is 0.0903. The number of amides is 1. The fourth-order valence-electron chi connectivity index (χ4n) is 2.54. The normalized spacial score (nSPS) is 15.6. The number of rotatable bonds is 5. The number of aromatic nitrogens is 1. The minimum Gasteiger partial charge on any atom is -0.485 e. The van der Waals surface area contributed by atoms with Crippen LogP contribution in [0.2, 0.25) is 0 Å². The molecule has 0 radical (unpaired) electrons. The minimum atomic E-state index is -3.74. The molecule has 1 unspecified atom stereocenters. The van der Waals surface area contributed by atoms with Crippen LogP contribution in [-0.4, -0.2) is 32.0 Å². The first kappa shape index (κ1) is 18.3. The molecular formula is C18H15N3O5S2. The van der Waals surface area contributed by atoms with Gasteiger partial charge in [-0.3, -0.25) is 9.52 Å². The molecule has 4 rings (SSSR count). The Morgan fingerprint density at radius 3 is 2.57 bits per heavy atom. The molecule has 0 spiro atoms. The van der Waals surface area contributed by atoms with Crippen LogP contribution in [-0.2, 0) is 14.8 Å². The van der Waals surface area contributed by atoms with Crippen molar-refractivity contribution in [1.82, 2.24) is 4.98 Å². The Bertz CT molecular complexity index is 1080. The number of nitrogens with zero attached hydrogens (tertiary/aromatic N) is 1. The second-order valence-electron chi connectivity index (χ2n) is 5.82. The van der Waals surface area contributed by atoms with Gasteiger partial charge in [-0.15, -0.1) is 11.3 Å². The number of hydrogen-bond acceptors (Lipinski definition) is 7. The van der Waals surface area contributed by atoms with E-state index in [1.165, 1.54) is 41.8 Å². The Morgan fingerprint density at radius 2 is 1.86 bits per heavy atom. The molecule has 2 N–H and O–H groups in total. The summed E-state index contributed by atoms with van der Waals surface area (Å²) in [5, 5.41) is 4.65. The third-order valence-corrected chi connectivity index (χ3v) is 6.06. The zero-order valence-electron chi connectivity index (χ0n) is 14.4. The molecule has 1 atom stereocenters. The van der Waals surface area contributed by atoms with Gasteiger partial charge < -0.3 is 14.8 Å². The van der Waals surface area contributed by atoms with E-state index in [2.05, 4.69) is 15.0 Å². The molecule has 1 aliphatic heterocycles. The first-order valence-corrected chi connectivity index (χ1v) is 10.6. The molecule has 1 amide bonds. The van der Waals surface area contributed by atoms with Crippen LogP contribution in [0.1, 0.15) is 0 Å². The van der Waals surface area contributed by atoms with Crippen LogP contribution < -0.4 is 19.5 Å². The summed E-state index contributed by atoms with van der Waals surface area (Å²) in [7, 11) is -3.74. The molecule has 0 bridgehead atoms. The first-order valence-electron chi connectivity index (χ1n) is 8.23. The van der Waals surface area contributed by atoms with Gasteiger partial charge in [0.25, 0.3) is 15.9 Å². The van der Waals surface area contributed by atoms with Gasteiger partial charge in [0.05, 0.1) is 4.90 Å². The lowest BCUT2D eigenvalue weighted by atomic mass is 10.2. The van der Waals surface area contributed by atoms with Crippen LogP contribution in [0.15, 0.2) is 65.0 Å². The van der Waals surface area contributed by atoms with Crippen molar-refractivity contribution in [3.05, 3.63) is 60.1 Å². The fourth-order valence-corrected chi connectivity index (χ4v) is 4.33. The van der Waals surface area contributed by atoms with Gasteiger partial charge in [0.1, 0.15) is 6.61 Å². The van der Waals surface area contributed by atoms with Crippen LogP contribution in [0.4, 0.5) is 10.8 Å². The van der Waals surface area contributed by atoms with Crippen molar-refractivity contribution in [2.45, 2.75) is 11.0 Å². The van der Waals surface area contributed by atoms with Crippen molar-refractivity contribution in [3.63, 3.8) is 0 Å². The van der Waals surface area contributed by atoms with E-state index in [-0.39, 0.29) is 22.5 Å². The SMILES string of the molecule is O=C(Nc1ccc(S(=O)(=O)Nc2nccs2)cc1)C1COc2ccccc2O1. The number of benzene rings is 2. The highest BCUT2D eigenvalue weighted by molar-refractivity contribution is 7.93. The van der Waals surface area contributed by atoms with Crippen LogP contribution >= 0.6 is 11.3 Å². The number of nitrogens with one attached hydrogen (secondary N) is 2. The molecule has 8 nitrogen and oxygen atoms in total. The summed E-state index contributed by atoms with van der Waals surface area (Å²) >= 11 is 1.18. The zero-order chi connectivity index (χ0) is 19.6. The van der Waals surface area contributed by atoms with Crippen molar-refractivity contribution in [2.75, 3.05) is 16.6 Å². The third-order valence-electron chi connectivity index (χ3n) is 3.89. The van der Waals surface area contributed by atoms with E-state index < -0.39 is 16.1 Å². The quantitative estimate of drug-likeness (QED) is 0.661. The lowest BCUT2D eigenvalue weighted by molar-refractivity contribution is -0.125. The average Bonchev–Trinajstić information content (AvgIpc) is 3.20. The summed E-state index contributed by atoms with van der Waals surface area (Å²) < 4.78 is 38.2. The summed E-state index contributed by atoms with van der Waals surface area (Å²) in [6.07, 6.45) is 0.709. The topological polar surface area (TPSA) is 107 Å². The second kappa shape index (κ2) is 7.49. The van der Waals surface area contributed by atoms with Crippen LogP contribution in [0.3, 0.4) is 0 Å². The highest BCUT2D eigenvalue weighted by Crippen LogP contribution is 2.31. The molecule has 0 fully saturated rings. The van der Waals surface area contributed by atoms with Crippen molar-refractivity contribution in [3.8, 4) is 11.5 Å². The van der Waals surface area contributed by atoms with Gasteiger partial charge in [-0.25, -0.2) is 13.4 Å². The van der Waals surface area contributed by atoms with Crippen LogP contribution in [0, 0.1) is 0 Å². The third kappa shape index (κ3) is 3.92. The van der Waals surface area contributed by atoms with Crippen molar-refractivity contribution in [2.24, 2.45) is 0 Å². The van der Waals surface area contributed by atoms with Crippen LogP contribution in [0.5, 0.6) is 11.5 Å². The molecule has 1 aliphatic rings. The highest BCUT2D eigenvalue weighted by Gasteiger charge is 2.27. The largest absolute Gasteiger partial charge is 0.485 e. The van der Waals surface area contributed by atoms with E-state index >= 15 is 0 Å². The molecule has 3 aromatic rings. The molecular weight excluding hydrogens is 402 g/mol. The molecule has 0 aliphatic carbocycles. The number of hydrogen-bond donors (Lipinski definition) is 2. The molecule has 0 saturated carbocycles. The van der Waals surface area contributed by atoms with Gasteiger partial charge in [0, 0.05) is 17.3 Å². The second-order valence-corrected chi connectivity index (χ2v) is 8.40. The maximum Gasteiger partial charge on any atom is 0.269 e. The fraction of sp³-hybridized carbons (Fsp3) is 0.111.